The van der Waals surface area contributed by atoms with Crippen LogP contribution in [-0.2, 0) is 4.79 Å². The summed E-state index contributed by atoms with van der Waals surface area (Å²) in [6, 6.07) is 7.73. The van der Waals surface area contributed by atoms with Crippen LogP contribution in [0.15, 0.2) is 24.3 Å². The summed E-state index contributed by atoms with van der Waals surface area (Å²) in [7, 11) is 2.07. The van der Waals surface area contributed by atoms with E-state index in [1.807, 2.05) is 24.3 Å². The topological polar surface area (TPSA) is 52.7 Å². The molecule has 5 nitrogen and oxygen atoms in total. The SMILES string of the molecule is CCCCN(C)c1ccc(C(=O)N2CCNC(=O)CC2)cc1. The van der Waals surface area contributed by atoms with Crippen molar-refractivity contribution in [3.05, 3.63) is 29.8 Å². The van der Waals surface area contributed by atoms with Crippen molar-refractivity contribution in [2.45, 2.75) is 26.2 Å². The van der Waals surface area contributed by atoms with Crippen LogP contribution in [0, 0.1) is 0 Å². The fourth-order valence-corrected chi connectivity index (χ4v) is 2.54. The number of hydrogen-bond acceptors (Lipinski definition) is 3. The zero-order chi connectivity index (χ0) is 15.9. The molecule has 1 saturated heterocycles. The van der Waals surface area contributed by atoms with Crippen LogP contribution in [0.3, 0.4) is 0 Å². The van der Waals surface area contributed by atoms with Crippen molar-refractivity contribution < 1.29 is 9.59 Å². The molecule has 0 radical (unpaired) electrons. The lowest BCUT2D eigenvalue weighted by Crippen LogP contribution is -2.34. The van der Waals surface area contributed by atoms with E-state index in [-0.39, 0.29) is 11.8 Å². The first-order chi connectivity index (χ1) is 10.6. The second kappa shape index (κ2) is 7.82. The summed E-state index contributed by atoms with van der Waals surface area (Å²) in [5, 5.41) is 2.78. The van der Waals surface area contributed by atoms with Gasteiger partial charge in [-0.1, -0.05) is 13.3 Å². The third kappa shape index (κ3) is 4.23. The van der Waals surface area contributed by atoms with Gasteiger partial charge >= 0.3 is 0 Å². The Morgan fingerprint density at radius 3 is 2.68 bits per heavy atom. The predicted molar refractivity (Wildman–Crippen MR) is 88.2 cm³/mol. The molecule has 0 spiro atoms. The second-order valence-electron chi connectivity index (χ2n) is 5.71. The van der Waals surface area contributed by atoms with Crippen LogP contribution >= 0.6 is 0 Å². The molecular weight excluding hydrogens is 278 g/mol. The zero-order valence-corrected chi connectivity index (χ0v) is 13.5. The molecule has 1 aliphatic heterocycles. The lowest BCUT2D eigenvalue weighted by molar-refractivity contribution is -0.120. The summed E-state index contributed by atoms with van der Waals surface area (Å²) in [5.74, 6) is 0.0162. The van der Waals surface area contributed by atoms with E-state index in [9.17, 15) is 9.59 Å². The van der Waals surface area contributed by atoms with E-state index >= 15 is 0 Å². The van der Waals surface area contributed by atoms with Gasteiger partial charge in [-0.15, -0.1) is 0 Å². The van der Waals surface area contributed by atoms with E-state index in [0.717, 1.165) is 18.7 Å². The Hall–Kier alpha value is -2.04. The molecule has 1 fully saturated rings. The van der Waals surface area contributed by atoms with Gasteiger partial charge in [0, 0.05) is 50.9 Å². The van der Waals surface area contributed by atoms with Crippen molar-refractivity contribution in [2.24, 2.45) is 0 Å². The van der Waals surface area contributed by atoms with Gasteiger partial charge in [0.15, 0.2) is 0 Å². The Bertz CT molecular complexity index is 513. The molecule has 1 aromatic carbocycles. The highest BCUT2D eigenvalue weighted by Gasteiger charge is 2.19. The third-order valence-electron chi connectivity index (χ3n) is 4.00. The number of hydrogen-bond donors (Lipinski definition) is 1. The molecule has 0 bridgehead atoms. The van der Waals surface area contributed by atoms with Gasteiger partial charge in [-0.05, 0) is 30.7 Å². The van der Waals surface area contributed by atoms with Gasteiger partial charge in [-0.2, -0.15) is 0 Å². The van der Waals surface area contributed by atoms with Crippen LogP contribution in [0.1, 0.15) is 36.5 Å². The molecule has 0 unspecified atom stereocenters. The van der Waals surface area contributed by atoms with Gasteiger partial charge in [-0.3, -0.25) is 9.59 Å². The smallest absolute Gasteiger partial charge is 0.253 e. The van der Waals surface area contributed by atoms with Crippen LogP contribution < -0.4 is 10.2 Å². The normalized spacial score (nSPS) is 15.2. The molecule has 0 atom stereocenters. The van der Waals surface area contributed by atoms with Gasteiger partial charge in [0.05, 0.1) is 0 Å². The van der Waals surface area contributed by atoms with Crippen LogP contribution in [-0.4, -0.2) is 49.9 Å². The molecule has 1 aliphatic rings. The minimum atomic E-state index is -0.000684. The third-order valence-corrected chi connectivity index (χ3v) is 4.00. The highest BCUT2D eigenvalue weighted by molar-refractivity contribution is 5.95. The number of carbonyl (C=O) groups excluding carboxylic acids is 2. The first kappa shape index (κ1) is 16.3. The minimum absolute atomic E-state index is 0.000684. The Morgan fingerprint density at radius 2 is 2.00 bits per heavy atom. The number of benzene rings is 1. The highest BCUT2D eigenvalue weighted by atomic mass is 16.2. The first-order valence-corrected chi connectivity index (χ1v) is 7.99. The summed E-state index contributed by atoms with van der Waals surface area (Å²) in [4.78, 5) is 27.8. The van der Waals surface area contributed by atoms with Crippen molar-refractivity contribution in [1.29, 1.82) is 0 Å². The van der Waals surface area contributed by atoms with E-state index in [2.05, 4.69) is 24.2 Å². The van der Waals surface area contributed by atoms with Crippen molar-refractivity contribution >= 4 is 17.5 Å². The fourth-order valence-electron chi connectivity index (χ4n) is 2.54. The van der Waals surface area contributed by atoms with E-state index in [1.54, 1.807) is 4.90 Å². The van der Waals surface area contributed by atoms with Crippen molar-refractivity contribution in [1.82, 2.24) is 10.2 Å². The van der Waals surface area contributed by atoms with Crippen LogP contribution in [0.4, 0.5) is 5.69 Å². The lowest BCUT2D eigenvalue weighted by atomic mass is 10.1. The number of carbonyl (C=O) groups is 2. The number of unbranched alkanes of at least 4 members (excludes halogenated alkanes) is 1. The summed E-state index contributed by atoms with van der Waals surface area (Å²) < 4.78 is 0. The standard InChI is InChI=1S/C17H25N3O2/c1-3-4-11-19(2)15-7-5-14(6-8-15)17(22)20-12-9-16(21)18-10-13-20/h5-8H,3-4,9-13H2,1-2H3,(H,18,21). The maximum Gasteiger partial charge on any atom is 0.253 e. The monoisotopic (exact) mass is 303 g/mol. The number of amides is 2. The maximum absolute atomic E-state index is 12.5. The number of rotatable bonds is 5. The van der Waals surface area contributed by atoms with Gasteiger partial charge in [0.2, 0.25) is 5.91 Å². The predicted octanol–water partition coefficient (Wildman–Crippen LogP) is 1.88. The van der Waals surface area contributed by atoms with E-state index in [0.29, 0.717) is 31.6 Å². The quantitative estimate of drug-likeness (QED) is 0.903. The molecule has 22 heavy (non-hydrogen) atoms. The van der Waals surface area contributed by atoms with Gasteiger partial charge in [0.25, 0.3) is 5.91 Å². The molecule has 1 aromatic rings. The van der Waals surface area contributed by atoms with Crippen LogP contribution in [0.5, 0.6) is 0 Å². The van der Waals surface area contributed by atoms with Crippen molar-refractivity contribution in [2.75, 3.05) is 38.1 Å². The minimum Gasteiger partial charge on any atom is -0.375 e. The molecule has 2 rings (SSSR count). The molecule has 5 heteroatoms. The summed E-state index contributed by atoms with van der Waals surface area (Å²) in [6.45, 7) is 4.79. The van der Waals surface area contributed by atoms with Crippen molar-refractivity contribution in [3.8, 4) is 0 Å². The molecule has 0 aromatic heterocycles. The summed E-state index contributed by atoms with van der Waals surface area (Å²) >= 11 is 0. The zero-order valence-electron chi connectivity index (χ0n) is 13.5. The average molecular weight is 303 g/mol. The molecule has 120 valence electrons. The first-order valence-electron chi connectivity index (χ1n) is 7.99. The van der Waals surface area contributed by atoms with E-state index < -0.39 is 0 Å². The Morgan fingerprint density at radius 1 is 1.27 bits per heavy atom. The Balaban J connectivity index is 2.00. The number of nitrogens with zero attached hydrogens (tertiary/aromatic N) is 2. The highest BCUT2D eigenvalue weighted by Crippen LogP contribution is 2.16. The Labute approximate surface area is 132 Å². The lowest BCUT2D eigenvalue weighted by Gasteiger charge is -2.21. The molecule has 0 saturated carbocycles. The van der Waals surface area contributed by atoms with Crippen LogP contribution in [0.2, 0.25) is 0 Å². The molecule has 2 amide bonds. The second-order valence-corrected chi connectivity index (χ2v) is 5.71. The summed E-state index contributed by atoms with van der Waals surface area (Å²) in [6.07, 6.45) is 2.71. The fraction of sp³-hybridized carbons (Fsp3) is 0.529. The largest absolute Gasteiger partial charge is 0.375 e. The van der Waals surface area contributed by atoms with Gasteiger partial charge in [0.1, 0.15) is 0 Å². The van der Waals surface area contributed by atoms with Crippen LogP contribution in [0.25, 0.3) is 0 Å². The van der Waals surface area contributed by atoms with E-state index in [1.165, 1.54) is 6.42 Å². The van der Waals surface area contributed by atoms with Gasteiger partial charge in [-0.25, -0.2) is 0 Å². The Kier molecular flexibility index (Phi) is 5.81. The van der Waals surface area contributed by atoms with Gasteiger partial charge < -0.3 is 15.1 Å². The molecule has 1 heterocycles. The molecular formula is C17H25N3O2. The maximum atomic E-state index is 12.5. The number of nitrogens with one attached hydrogen (secondary N) is 1. The summed E-state index contributed by atoms with van der Waals surface area (Å²) in [5.41, 5.74) is 1.81. The number of anilines is 1. The van der Waals surface area contributed by atoms with E-state index in [4.69, 9.17) is 0 Å². The van der Waals surface area contributed by atoms with Crippen molar-refractivity contribution in [3.63, 3.8) is 0 Å². The average Bonchev–Trinajstić information content (AvgIpc) is 2.76. The molecule has 0 aliphatic carbocycles. The molecule has 1 N–H and O–H groups in total.